The van der Waals surface area contributed by atoms with Crippen molar-refractivity contribution in [2.45, 2.75) is 12.6 Å². The number of rotatable bonds is 3. The summed E-state index contributed by atoms with van der Waals surface area (Å²) in [5.41, 5.74) is 5.22. The zero-order valence-corrected chi connectivity index (χ0v) is 7.53. The monoisotopic (exact) mass is 219 g/mol. The molecule has 0 aliphatic heterocycles. The average molecular weight is 220 g/mol. The molecule has 4 nitrogen and oxygen atoms in total. The molecule has 0 saturated carbocycles. The Morgan fingerprint density at radius 1 is 1.82 bits per heavy atom. The fourth-order valence-corrected chi connectivity index (χ4v) is 1.06. The molecule has 62 valence electrons. The van der Waals surface area contributed by atoms with Crippen LogP contribution in [0.2, 0.25) is 0 Å². The van der Waals surface area contributed by atoms with Gasteiger partial charge in [-0.25, -0.2) is 0 Å². The van der Waals surface area contributed by atoms with E-state index in [9.17, 15) is 0 Å². The first-order chi connectivity index (χ1) is 5.22. The highest BCUT2D eigenvalue weighted by Gasteiger charge is 2.02. The lowest BCUT2D eigenvalue weighted by Crippen LogP contribution is -2.25. The number of aliphatic hydroxyl groups excluding tert-OH is 1. The second kappa shape index (κ2) is 3.85. The van der Waals surface area contributed by atoms with Crippen LogP contribution >= 0.6 is 15.9 Å². The van der Waals surface area contributed by atoms with Crippen LogP contribution in [0.5, 0.6) is 0 Å². The van der Waals surface area contributed by atoms with Gasteiger partial charge in [-0.2, -0.15) is 5.10 Å². The molecule has 0 aliphatic carbocycles. The Bertz CT molecular complexity index is 225. The van der Waals surface area contributed by atoms with E-state index in [-0.39, 0.29) is 6.54 Å². The predicted molar refractivity (Wildman–Crippen MR) is 45.0 cm³/mol. The van der Waals surface area contributed by atoms with E-state index in [1.54, 1.807) is 17.1 Å². The molecule has 1 aromatic heterocycles. The summed E-state index contributed by atoms with van der Waals surface area (Å²) < 4.78 is 2.54. The molecule has 0 aromatic carbocycles. The molecule has 0 bridgehead atoms. The van der Waals surface area contributed by atoms with Crippen molar-refractivity contribution in [2.24, 2.45) is 5.73 Å². The third kappa shape index (κ3) is 2.61. The minimum absolute atomic E-state index is 0.261. The van der Waals surface area contributed by atoms with Crippen molar-refractivity contribution < 1.29 is 5.11 Å². The number of halogens is 1. The normalized spacial score (nSPS) is 13.4. The summed E-state index contributed by atoms with van der Waals surface area (Å²) in [7, 11) is 0. The Morgan fingerprint density at radius 3 is 3.00 bits per heavy atom. The molecule has 0 saturated heterocycles. The lowest BCUT2D eigenvalue weighted by Gasteiger charge is -2.06. The van der Waals surface area contributed by atoms with E-state index in [0.29, 0.717) is 6.54 Å². The van der Waals surface area contributed by atoms with Crippen LogP contribution in [0.4, 0.5) is 0 Å². The minimum atomic E-state index is -0.512. The molecule has 1 atom stereocenters. The summed E-state index contributed by atoms with van der Waals surface area (Å²) in [6, 6.07) is 0. The number of hydrogen-bond donors (Lipinski definition) is 2. The van der Waals surface area contributed by atoms with Crippen molar-refractivity contribution in [1.29, 1.82) is 0 Å². The van der Waals surface area contributed by atoms with Crippen LogP contribution < -0.4 is 5.73 Å². The summed E-state index contributed by atoms with van der Waals surface area (Å²) in [6.07, 6.45) is 2.95. The summed E-state index contributed by atoms with van der Waals surface area (Å²) in [6.45, 7) is 0.708. The van der Waals surface area contributed by atoms with Crippen LogP contribution in [0.1, 0.15) is 0 Å². The summed E-state index contributed by atoms with van der Waals surface area (Å²) in [5, 5.41) is 13.1. The van der Waals surface area contributed by atoms with Gasteiger partial charge in [-0.3, -0.25) is 4.68 Å². The van der Waals surface area contributed by atoms with E-state index >= 15 is 0 Å². The first-order valence-corrected chi connectivity index (χ1v) is 4.07. The maximum absolute atomic E-state index is 9.12. The molecule has 5 heteroatoms. The second-order valence-electron chi connectivity index (χ2n) is 2.27. The van der Waals surface area contributed by atoms with Crippen molar-refractivity contribution >= 4 is 15.9 Å². The lowest BCUT2D eigenvalue weighted by molar-refractivity contribution is 0.157. The third-order valence-electron chi connectivity index (χ3n) is 1.27. The molecule has 1 rings (SSSR count). The summed E-state index contributed by atoms with van der Waals surface area (Å²) in [4.78, 5) is 0. The maximum atomic E-state index is 9.12. The number of hydrogen-bond acceptors (Lipinski definition) is 3. The topological polar surface area (TPSA) is 64.1 Å². The van der Waals surface area contributed by atoms with E-state index in [0.717, 1.165) is 4.47 Å². The smallest absolute Gasteiger partial charge is 0.0857 e. The molecule has 0 spiro atoms. The SMILES string of the molecule is NCC(O)Cn1cc(Br)cn1. The average Bonchev–Trinajstić information content (AvgIpc) is 2.35. The zero-order chi connectivity index (χ0) is 8.27. The Hall–Kier alpha value is -0.390. The number of aromatic nitrogens is 2. The van der Waals surface area contributed by atoms with E-state index < -0.39 is 6.10 Å². The predicted octanol–water partition coefficient (Wildman–Crippen LogP) is -0.0348. The van der Waals surface area contributed by atoms with Gasteiger partial charge in [0.15, 0.2) is 0 Å². The van der Waals surface area contributed by atoms with E-state index in [1.807, 2.05) is 0 Å². The highest BCUT2D eigenvalue weighted by molar-refractivity contribution is 9.10. The van der Waals surface area contributed by atoms with Gasteiger partial charge in [0.05, 0.1) is 23.3 Å². The molecule has 1 heterocycles. The highest BCUT2D eigenvalue weighted by atomic mass is 79.9. The second-order valence-corrected chi connectivity index (χ2v) is 3.19. The zero-order valence-electron chi connectivity index (χ0n) is 5.94. The number of nitrogens with zero attached hydrogens (tertiary/aromatic N) is 2. The van der Waals surface area contributed by atoms with E-state index in [4.69, 9.17) is 10.8 Å². The van der Waals surface area contributed by atoms with Gasteiger partial charge < -0.3 is 10.8 Å². The molecule has 1 unspecified atom stereocenters. The standard InChI is InChI=1S/C6H10BrN3O/c7-5-2-9-10(3-5)4-6(11)1-8/h2-3,6,11H,1,4,8H2. The van der Waals surface area contributed by atoms with Crippen LogP contribution in [-0.2, 0) is 6.54 Å². The van der Waals surface area contributed by atoms with Crippen LogP contribution in [-0.4, -0.2) is 27.5 Å². The Kier molecular flexibility index (Phi) is 3.04. The van der Waals surface area contributed by atoms with Gasteiger partial charge in [-0.05, 0) is 15.9 Å². The van der Waals surface area contributed by atoms with Crippen molar-refractivity contribution in [1.82, 2.24) is 9.78 Å². The number of nitrogens with two attached hydrogens (primary N) is 1. The van der Waals surface area contributed by atoms with Gasteiger partial charge in [0, 0.05) is 12.7 Å². The fourth-order valence-electron chi connectivity index (χ4n) is 0.729. The van der Waals surface area contributed by atoms with Gasteiger partial charge >= 0.3 is 0 Å². The summed E-state index contributed by atoms with van der Waals surface area (Å²) >= 11 is 3.25. The maximum Gasteiger partial charge on any atom is 0.0857 e. The van der Waals surface area contributed by atoms with Crippen molar-refractivity contribution in [2.75, 3.05) is 6.54 Å². The molecule has 0 amide bonds. The highest BCUT2D eigenvalue weighted by Crippen LogP contribution is 2.06. The van der Waals surface area contributed by atoms with Gasteiger partial charge in [0.2, 0.25) is 0 Å². The Balaban J connectivity index is 2.50. The number of aliphatic hydroxyl groups is 1. The van der Waals surface area contributed by atoms with Crippen LogP contribution in [0.25, 0.3) is 0 Å². The van der Waals surface area contributed by atoms with Crippen LogP contribution in [0.15, 0.2) is 16.9 Å². The fraction of sp³-hybridized carbons (Fsp3) is 0.500. The van der Waals surface area contributed by atoms with Gasteiger partial charge in [-0.1, -0.05) is 0 Å². The van der Waals surface area contributed by atoms with Crippen molar-refractivity contribution in [3.63, 3.8) is 0 Å². The molecule has 1 aromatic rings. The molecule has 3 N–H and O–H groups in total. The van der Waals surface area contributed by atoms with Gasteiger partial charge in [0.1, 0.15) is 0 Å². The molecule has 11 heavy (non-hydrogen) atoms. The first-order valence-electron chi connectivity index (χ1n) is 3.28. The van der Waals surface area contributed by atoms with Gasteiger partial charge in [-0.15, -0.1) is 0 Å². The largest absolute Gasteiger partial charge is 0.390 e. The van der Waals surface area contributed by atoms with Crippen LogP contribution in [0.3, 0.4) is 0 Å². The van der Waals surface area contributed by atoms with Gasteiger partial charge in [0.25, 0.3) is 0 Å². The van der Waals surface area contributed by atoms with Crippen LogP contribution in [0, 0.1) is 0 Å². The molecule has 0 aliphatic rings. The van der Waals surface area contributed by atoms with E-state index in [2.05, 4.69) is 21.0 Å². The Morgan fingerprint density at radius 2 is 2.55 bits per heavy atom. The first kappa shape index (κ1) is 8.70. The molecule has 0 fully saturated rings. The van der Waals surface area contributed by atoms with E-state index in [1.165, 1.54) is 0 Å². The Labute approximate surface area is 73.1 Å². The molecular weight excluding hydrogens is 210 g/mol. The quantitative estimate of drug-likeness (QED) is 0.751. The van der Waals surface area contributed by atoms with Crippen molar-refractivity contribution in [3.05, 3.63) is 16.9 Å². The minimum Gasteiger partial charge on any atom is -0.390 e. The summed E-state index contributed by atoms with van der Waals surface area (Å²) in [5.74, 6) is 0. The van der Waals surface area contributed by atoms with Crippen molar-refractivity contribution in [3.8, 4) is 0 Å². The third-order valence-corrected chi connectivity index (χ3v) is 1.68. The molecular formula is C6H10BrN3O. The molecule has 0 radical (unpaired) electrons. The lowest BCUT2D eigenvalue weighted by atomic mass is 10.4.